The highest BCUT2D eigenvalue weighted by molar-refractivity contribution is 6.13. The SMILES string of the molecule is Cc1cc2c(cc1N(c1ccc(-c3ccc(-c4cccc5ccccc45)cc3)cc1)c1ccc(-c3cc4ccccc4c4ccccc34)cc1)CCCC2. The Labute approximate surface area is 317 Å². The average molecular weight is 692 g/mol. The van der Waals surface area contributed by atoms with Gasteiger partial charge in [-0.15, -0.1) is 0 Å². The minimum absolute atomic E-state index is 1.15. The van der Waals surface area contributed by atoms with E-state index in [4.69, 9.17) is 0 Å². The van der Waals surface area contributed by atoms with E-state index < -0.39 is 0 Å². The van der Waals surface area contributed by atoms with Crippen LogP contribution < -0.4 is 4.90 Å². The molecule has 0 aromatic heterocycles. The number of aryl methyl sites for hydroxylation is 3. The summed E-state index contributed by atoms with van der Waals surface area (Å²) in [5.41, 5.74) is 15.3. The van der Waals surface area contributed by atoms with Gasteiger partial charge in [0.1, 0.15) is 0 Å². The smallest absolute Gasteiger partial charge is 0.0493 e. The Bertz CT molecular complexity index is 2800. The van der Waals surface area contributed by atoms with Crippen molar-refractivity contribution < 1.29 is 0 Å². The van der Waals surface area contributed by atoms with Crippen molar-refractivity contribution in [1.82, 2.24) is 0 Å². The lowest BCUT2D eigenvalue weighted by Crippen LogP contribution is -2.13. The number of fused-ring (bicyclic) bond motifs is 5. The normalized spacial score (nSPS) is 12.6. The molecule has 0 saturated heterocycles. The third-order valence-electron chi connectivity index (χ3n) is 11.6. The lowest BCUT2D eigenvalue weighted by molar-refractivity contribution is 0.685. The minimum Gasteiger partial charge on any atom is -0.310 e. The summed E-state index contributed by atoms with van der Waals surface area (Å²) in [5, 5.41) is 7.70. The third-order valence-corrected chi connectivity index (χ3v) is 11.6. The van der Waals surface area contributed by atoms with Crippen LogP contribution in [0.2, 0.25) is 0 Å². The van der Waals surface area contributed by atoms with Crippen LogP contribution in [0.5, 0.6) is 0 Å². The second-order valence-electron chi connectivity index (χ2n) is 14.8. The van der Waals surface area contributed by atoms with E-state index in [1.165, 1.54) is 107 Å². The van der Waals surface area contributed by atoms with Crippen LogP contribution in [0.4, 0.5) is 17.1 Å². The van der Waals surface area contributed by atoms with Gasteiger partial charge in [0.05, 0.1) is 0 Å². The van der Waals surface area contributed by atoms with Gasteiger partial charge in [-0.25, -0.2) is 0 Å². The van der Waals surface area contributed by atoms with Gasteiger partial charge < -0.3 is 4.90 Å². The Balaban J connectivity index is 1.03. The first-order chi connectivity index (χ1) is 26.7. The third kappa shape index (κ3) is 5.74. The first-order valence-electron chi connectivity index (χ1n) is 19.3. The molecule has 0 N–H and O–H groups in total. The van der Waals surface area contributed by atoms with Crippen molar-refractivity contribution in [3.63, 3.8) is 0 Å². The van der Waals surface area contributed by atoms with Crippen molar-refractivity contribution in [2.75, 3.05) is 4.90 Å². The van der Waals surface area contributed by atoms with E-state index in [1.54, 1.807) is 0 Å². The molecule has 1 heteroatoms. The van der Waals surface area contributed by atoms with Crippen molar-refractivity contribution in [1.29, 1.82) is 0 Å². The Morgan fingerprint density at radius 3 is 1.57 bits per heavy atom. The van der Waals surface area contributed by atoms with Gasteiger partial charge in [0.2, 0.25) is 0 Å². The summed E-state index contributed by atoms with van der Waals surface area (Å²) in [7, 11) is 0. The summed E-state index contributed by atoms with van der Waals surface area (Å²) in [6.45, 7) is 2.28. The summed E-state index contributed by atoms with van der Waals surface area (Å²) in [5.74, 6) is 0. The molecule has 258 valence electrons. The number of nitrogens with zero attached hydrogens (tertiary/aromatic N) is 1. The van der Waals surface area contributed by atoms with Gasteiger partial charge >= 0.3 is 0 Å². The standard InChI is InChI=1S/C53H41N/c1-36-33-42-12-2-3-13-43(42)35-53(36)54(46-31-27-41(28-32-46)52-34-44-14-5-7-17-49(44)50-18-8-9-19-51(50)52)45-29-25-38(26-30-45)37-21-23-40(24-22-37)48-20-10-15-39-11-4-6-16-47(39)48/h4-11,14-35H,2-3,12-13H2,1H3. The first-order valence-corrected chi connectivity index (χ1v) is 19.3. The fourth-order valence-electron chi connectivity index (χ4n) is 8.77. The van der Waals surface area contributed by atoms with E-state index >= 15 is 0 Å². The minimum atomic E-state index is 1.15. The maximum atomic E-state index is 2.47. The van der Waals surface area contributed by atoms with E-state index in [0.29, 0.717) is 0 Å². The highest BCUT2D eigenvalue weighted by Gasteiger charge is 2.20. The van der Waals surface area contributed by atoms with E-state index in [-0.39, 0.29) is 0 Å². The molecule has 0 spiro atoms. The van der Waals surface area contributed by atoms with Crippen LogP contribution in [0.3, 0.4) is 0 Å². The second-order valence-corrected chi connectivity index (χ2v) is 14.8. The fourth-order valence-corrected chi connectivity index (χ4v) is 8.77. The molecule has 0 atom stereocenters. The zero-order valence-electron chi connectivity index (χ0n) is 30.6. The van der Waals surface area contributed by atoms with Crippen LogP contribution in [-0.4, -0.2) is 0 Å². The number of rotatable bonds is 6. The fraction of sp³-hybridized carbons (Fsp3) is 0.0943. The van der Waals surface area contributed by atoms with Crippen molar-refractivity contribution in [3.8, 4) is 33.4 Å². The average Bonchev–Trinajstić information content (AvgIpc) is 3.24. The van der Waals surface area contributed by atoms with Gasteiger partial charge in [-0.1, -0.05) is 146 Å². The van der Waals surface area contributed by atoms with Crippen molar-refractivity contribution in [2.45, 2.75) is 32.6 Å². The summed E-state index contributed by atoms with van der Waals surface area (Å²) in [6, 6.07) is 67.4. The highest BCUT2D eigenvalue weighted by atomic mass is 15.1. The summed E-state index contributed by atoms with van der Waals surface area (Å²) >= 11 is 0. The van der Waals surface area contributed by atoms with Crippen LogP contribution in [0.1, 0.15) is 29.5 Å². The van der Waals surface area contributed by atoms with E-state index in [0.717, 1.165) is 17.8 Å². The molecular weight excluding hydrogens is 651 g/mol. The lowest BCUT2D eigenvalue weighted by atomic mass is 9.89. The van der Waals surface area contributed by atoms with Crippen LogP contribution in [0.25, 0.3) is 65.7 Å². The molecule has 0 heterocycles. The topological polar surface area (TPSA) is 3.24 Å². The Hall–Kier alpha value is -6.44. The molecule has 0 amide bonds. The summed E-state index contributed by atoms with van der Waals surface area (Å²) in [4.78, 5) is 2.46. The number of anilines is 3. The zero-order valence-corrected chi connectivity index (χ0v) is 30.6. The van der Waals surface area contributed by atoms with Crippen LogP contribution in [0, 0.1) is 6.92 Å². The van der Waals surface area contributed by atoms with Crippen molar-refractivity contribution in [2.24, 2.45) is 0 Å². The van der Waals surface area contributed by atoms with Crippen molar-refractivity contribution >= 4 is 49.4 Å². The molecule has 0 unspecified atom stereocenters. The van der Waals surface area contributed by atoms with Gasteiger partial charge in [0, 0.05) is 17.1 Å². The molecule has 9 aromatic carbocycles. The zero-order chi connectivity index (χ0) is 36.0. The summed E-state index contributed by atoms with van der Waals surface area (Å²) in [6.07, 6.45) is 4.87. The Morgan fingerprint density at radius 2 is 0.870 bits per heavy atom. The van der Waals surface area contributed by atoms with Gasteiger partial charge in [-0.3, -0.25) is 0 Å². The van der Waals surface area contributed by atoms with Gasteiger partial charge in [-0.05, 0) is 151 Å². The number of benzene rings is 9. The largest absolute Gasteiger partial charge is 0.310 e. The van der Waals surface area contributed by atoms with Gasteiger partial charge in [0.25, 0.3) is 0 Å². The molecule has 0 aliphatic heterocycles. The Morgan fingerprint density at radius 1 is 0.370 bits per heavy atom. The molecule has 9 aromatic rings. The van der Waals surface area contributed by atoms with Crippen molar-refractivity contribution in [3.05, 3.63) is 199 Å². The molecular formula is C53H41N. The second kappa shape index (κ2) is 13.5. The Kier molecular flexibility index (Phi) is 8.07. The predicted molar refractivity (Wildman–Crippen MR) is 231 cm³/mol. The lowest BCUT2D eigenvalue weighted by Gasteiger charge is -2.29. The molecule has 0 bridgehead atoms. The quantitative estimate of drug-likeness (QED) is 0.157. The van der Waals surface area contributed by atoms with Crippen LogP contribution in [0.15, 0.2) is 182 Å². The maximum absolute atomic E-state index is 2.47. The predicted octanol–water partition coefficient (Wildman–Crippen LogP) is 14.8. The maximum Gasteiger partial charge on any atom is 0.0493 e. The van der Waals surface area contributed by atoms with E-state index in [2.05, 4.69) is 194 Å². The van der Waals surface area contributed by atoms with Crippen LogP contribution >= 0.6 is 0 Å². The highest BCUT2D eigenvalue weighted by Crippen LogP contribution is 2.42. The van der Waals surface area contributed by atoms with Crippen LogP contribution in [-0.2, 0) is 12.8 Å². The molecule has 0 radical (unpaired) electrons. The number of hydrogen-bond donors (Lipinski definition) is 0. The monoisotopic (exact) mass is 691 g/mol. The van der Waals surface area contributed by atoms with Gasteiger partial charge in [-0.2, -0.15) is 0 Å². The molecule has 54 heavy (non-hydrogen) atoms. The first kappa shape index (κ1) is 32.2. The molecule has 1 nitrogen and oxygen atoms in total. The molecule has 1 aliphatic rings. The van der Waals surface area contributed by atoms with E-state index in [1.807, 2.05) is 0 Å². The van der Waals surface area contributed by atoms with Gasteiger partial charge in [0.15, 0.2) is 0 Å². The molecule has 10 rings (SSSR count). The molecule has 1 aliphatic carbocycles. The number of hydrogen-bond acceptors (Lipinski definition) is 1. The van der Waals surface area contributed by atoms with E-state index in [9.17, 15) is 0 Å². The molecule has 0 saturated carbocycles. The molecule has 0 fully saturated rings. The summed E-state index contributed by atoms with van der Waals surface area (Å²) < 4.78 is 0.